The summed E-state index contributed by atoms with van der Waals surface area (Å²) in [5, 5.41) is 0. The van der Waals surface area contributed by atoms with Crippen LogP contribution >= 0.6 is 0 Å². The zero-order chi connectivity index (χ0) is 18.3. The fourth-order valence-electron chi connectivity index (χ4n) is 2.40. The molecular weight excluding hydrogens is 329 g/mol. The number of benzene rings is 1. The molecule has 2 rings (SSSR count). The quantitative estimate of drug-likeness (QED) is 0.814. The van der Waals surface area contributed by atoms with Crippen LogP contribution in [0.5, 0.6) is 5.75 Å². The van der Waals surface area contributed by atoms with Crippen LogP contribution in [-0.2, 0) is 19.3 Å². The molecule has 1 N–H and O–H groups in total. The largest absolute Gasteiger partial charge is 0.495 e. The van der Waals surface area contributed by atoms with Gasteiger partial charge >= 0.3 is 7.12 Å². The first-order valence-corrected chi connectivity index (χ1v) is 9.44. The van der Waals surface area contributed by atoms with Gasteiger partial charge in [0.25, 0.3) is 0 Å². The third-order valence-electron chi connectivity index (χ3n) is 4.39. The molecule has 1 aliphatic heterocycles. The molecule has 1 aliphatic rings. The van der Waals surface area contributed by atoms with Crippen molar-refractivity contribution >= 4 is 22.6 Å². The Kier molecular flexibility index (Phi) is 5.08. The Labute approximate surface area is 145 Å². The van der Waals surface area contributed by atoms with E-state index in [4.69, 9.17) is 14.0 Å². The van der Waals surface area contributed by atoms with Gasteiger partial charge in [-0.05, 0) is 59.1 Å². The summed E-state index contributed by atoms with van der Waals surface area (Å²) in [6.45, 7) is 11.3. The molecule has 0 saturated carbocycles. The Bertz CT molecular complexity index is 699. The second kappa shape index (κ2) is 6.33. The highest BCUT2D eigenvalue weighted by molar-refractivity contribution is 7.89. The average molecular weight is 355 g/mol. The molecule has 0 spiro atoms. The summed E-state index contributed by atoms with van der Waals surface area (Å²) < 4.78 is 44.9. The zero-order valence-corrected chi connectivity index (χ0v) is 16.2. The van der Waals surface area contributed by atoms with E-state index in [9.17, 15) is 8.42 Å². The van der Waals surface area contributed by atoms with Gasteiger partial charge in [-0.25, -0.2) is 13.1 Å². The standard InChI is InChI=1S/C16H26BNO5S/c1-11(2)18-24(19,20)14-10-12(8-9-13(14)21-7)17-22-15(3,4)16(5,6)23-17/h8-11,18H,1-7H3. The molecule has 1 aromatic rings. The monoisotopic (exact) mass is 355 g/mol. The molecule has 1 fully saturated rings. The van der Waals surface area contributed by atoms with E-state index in [-0.39, 0.29) is 16.7 Å². The predicted octanol–water partition coefficient (Wildman–Crippen LogP) is 1.68. The van der Waals surface area contributed by atoms with Gasteiger partial charge < -0.3 is 14.0 Å². The number of sulfonamides is 1. The Morgan fingerprint density at radius 2 is 1.67 bits per heavy atom. The van der Waals surface area contributed by atoms with Crippen molar-refractivity contribution in [2.24, 2.45) is 0 Å². The number of ether oxygens (including phenoxy) is 1. The van der Waals surface area contributed by atoms with Crippen LogP contribution < -0.4 is 14.9 Å². The summed E-state index contributed by atoms with van der Waals surface area (Å²) in [6, 6.07) is 4.70. The van der Waals surface area contributed by atoms with E-state index in [1.165, 1.54) is 7.11 Å². The van der Waals surface area contributed by atoms with Gasteiger partial charge in [0.15, 0.2) is 0 Å². The summed E-state index contributed by atoms with van der Waals surface area (Å²) in [6.07, 6.45) is 0. The van der Waals surface area contributed by atoms with E-state index in [1.54, 1.807) is 32.0 Å². The first-order valence-electron chi connectivity index (χ1n) is 7.95. The minimum absolute atomic E-state index is 0.0749. The van der Waals surface area contributed by atoms with Crippen LogP contribution in [0.25, 0.3) is 0 Å². The first-order chi connectivity index (χ1) is 10.9. The van der Waals surface area contributed by atoms with Gasteiger partial charge in [-0.2, -0.15) is 0 Å². The van der Waals surface area contributed by atoms with Gasteiger partial charge in [-0.15, -0.1) is 0 Å². The van der Waals surface area contributed by atoms with E-state index in [0.717, 1.165) is 0 Å². The Morgan fingerprint density at radius 1 is 1.12 bits per heavy atom. The lowest BCUT2D eigenvalue weighted by atomic mass is 9.79. The molecule has 0 aromatic heterocycles. The lowest BCUT2D eigenvalue weighted by Crippen LogP contribution is -2.41. The van der Waals surface area contributed by atoms with Gasteiger partial charge in [-0.1, -0.05) is 6.07 Å². The lowest BCUT2D eigenvalue weighted by Gasteiger charge is -2.32. The molecule has 0 amide bonds. The minimum atomic E-state index is -3.70. The zero-order valence-electron chi connectivity index (χ0n) is 15.3. The topological polar surface area (TPSA) is 73.9 Å². The number of hydrogen-bond acceptors (Lipinski definition) is 5. The molecule has 1 saturated heterocycles. The Hall–Kier alpha value is -1.09. The molecule has 0 radical (unpaired) electrons. The Balaban J connectivity index is 2.44. The van der Waals surface area contributed by atoms with E-state index >= 15 is 0 Å². The van der Waals surface area contributed by atoms with Gasteiger partial charge in [0.2, 0.25) is 10.0 Å². The summed E-state index contributed by atoms with van der Waals surface area (Å²) in [7, 11) is -2.89. The fourth-order valence-corrected chi connectivity index (χ4v) is 3.86. The van der Waals surface area contributed by atoms with E-state index < -0.39 is 28.3 Å². The van der Waals surface area contributed by atoms with Crippen molar-refractivity contribution in [1.29, 1.82) is 0 Å². The minimum Gasteiger partial charge on any atom is -0.495 e. The van der Waals surface area contributed by atoms with Crippen LogP contribution in [0.15, 0.2) is 23.1 Å². The maximum absolute atomic E-state index is 12.6. The van der Waals surface area contributed by atoms with E-state index in [2.05, 4.69) is 4.72 Å². The van der Waals surface area contributed by atoms with Crippen LogP contribution in [0.3, 0.4) is 0 Å². The van der Waals surface area contributed by atoms with E-state index in [1.807, 2.05) is 27.7 Å². The third-order valence-corrected chi connectivity index (χ3v) is 6.07. The SMILES string of the molecule is COc1ccc(B2OC(C)(C)C(C)(C)O2)cc1S(=O)(=O)NC(C)C. The second-order valence-electron chi connectivity index (χ2n) is 7.27. The number of methoxy groups -OCH3 is 1. The molecular formula is C16H26BNO5S. The van der Waals surface area contributed by atoms with Crippen molar-refractivity contribution in [3.8, 4) is 5.75 Å². The highest BCUT2D eigenvalue weighted by Gasteiger charge is 2.51. The summed E-state index contributed by atoms with van der Waals surface area (Å²) in [5.41, 5.74) is -0.349. The average Bonchev–Trinajstić information content (AvgIpc) is 2.65. The van der Waals surface area contributed by atoms with Crippen molar-refractivity contribution in [3.05, 3.63) is 18.2 Å². The van der Waals surface area contributed by atoms with Gasteiger partial charge in [0, 0.05) is 6.04 Å². The predicted molar refractivity (Wildman–Crippen MR) is 94.2 cm³/mol. The van der Waals surface area contributed by atoms with Gasteiger partial charge in [0.1, 0.15) is 10.6 Å². The van der Waals surface area contributed by atoms with Gasteiger partial charge in [0.05, 0.1) is 18.3 Å². The van der Waals surface area contributed by atoms with Crippen LogP contribution in [0.4, 0.5) is 0 Å². The maximum Gasteiger partial charge on any atom is 0.494 e. The molecule has 134 valence electrons. The van der Waals surface area contributed by atoms with Crippen molar-refractivity contribution < 1.29 is 22.5 Å². The lowest BCUT2D eigenvalue weighted by molar-refractivity contribution is 0.00578. The smallest absolute Gasteiger partial charge is 0.494 e. The molecule has 6 nitrogen and oxygen atoms in total. The number of nitrogens with one attached hydrogen (secondary N) is 1. The second-order valence-corrected chi connectivity index (χ2v) is 8.96. The van der Waals surface area contributed by atoms with Crippen molar-refractivity contribution in [1.82, 2.24) is 4.72 Å². The van der Waals surface area contributed by atoms with Gasteiger partial charge in [-0.3, -0.25) is 0 Å². The molecule has 0 atom stereocenters. The third kappa shape index (κ3) is 3.61. The van der Waals surface area contributed by atoms with Crippen molar-refractivity contribution in [2.45, 2.75) is 63.7 Å². The van der Waals surface area contributed by atoms with Crippen LogP contribution in [0.1, 0.15) is 41.5 Å². The molecule has 8 heteroatoms. The molecule has 1 heterocycles. The Morgan fingerprint density at radius 3 is 2.12 bits per heavy atom. The molecule has 1 aromatic carbocycles. The van der Waals surface area contributed by atoms with Crippen LogP contribution in [0.2, 0.25) is 0 Å². The summed E-state index contributed by atoms with van der Waals surface area (Å²) in [4.78, 5) is 0.0749. The maximum atomic E-state index is 12.6. The molecule has 24 heavy (non-hydrogen) atoms. The summed E-state index contributed by atoms with van der Waals surface area (Å²) in [5.74, 6) is 0.281. The van der Waals surface area contributed by atoms with E-state index in [0.29, 0.717) is 5.46 Å². The number of hydrogen-bond donors (Lipinski definition) is 1. The summed E-state index contributed by atoms with van der Waals surface area (Å²) >= 11 is 0. The normalized spacial score (nSPS) is 19.8. The fraction of sp³-hybridized carbons (Fsp3) is 0.625. The highest BCUT2D eigenvalue weighted by Crippen LogP contribution is 2.36. The first kappa shape index (κ1) is 19.2. The van der Waals surface area contributed by atoms with Crippen LogP contribution in [-0.4, -0.2) is 39.9 Å². The van der Waals surface area contributed by atoms with Crippen LogP contribution in [0, 0.1) is 0 Å². The molecule has 0 bridgehead atoms. The van der Waals surface area contributed by atoms with Crippen molar-refractivity contribution in [3.63, 3.8) is 0 Å². The molecule has 0 unspecified atom stereocenters. The molecule has 0 aliphatic carbocycles. The highest BCUT2D eigenvalue weighted by atomic mass is 32.2. The van der Waals surface area contributed by atoms with Crippen molar-refractivity contribution in [2.75, 3.05) is 7.11 Å². The number of rotatable bonds is 5.